The SMILES string of the molecule is Nc1ccc(CNC(=O)Nc2ccc(-c3nc(C(F)(F)C(F)(F)F)c(C(=O)NC4CC4)s3)cc2)cn1. The number of thiazole rings is 1. The van der Waals surface area contributed by atoms with Gasteiger partial charge in [-0.1, -0.05) is 6.07 Å². The van der Waals surface area contributed by atoms with Crippen LogP contribution in [0.1, 0.15) is 33.8 Å². The number of nitrogens with two attached hydrogens (primary N) is 1. The molecule has 36 heavy (non-hydrogen) atoms. The lowest BCUT2D eigenvalue weighted by Gasteiger charge is -2.18. The molecule has 3 aromatic rings. The molecule has 0 spiro atoms. The third-order valence-electron chi connectivity index (χ3n) is 5.09. The predicted octanol–water partition coefficient (Wildman–Crippen LogP) is 4.66. The number of halogens is 5. The number of alkyl halides is 5. The lowest BCUT2D eigenvalue weighted by Crippen LogP contribution is -2.36. The van der Waals surface area contributed by atoms with Gasteiger partial charge in [0.1, 0.15) is 21.4 Å². The molecule has 0 saturated heterocycles. The van der Waals surface area contributed by atoms with Crippen LogP contribution in [0.3, 0.4) is 0 Å². The van der Waals surface area contributed by atoms with E-state index in [4.69, 9.17) is 5.73 Å². The van der Waals surface area contributed by atoms with Gasteiger partial charge in [-0.15, -0.1) is 11.3 Å². The molecule has 8 nitrogen and oxygen atoms in total. The minimum atomic E-state index is -5.92. The lowest BCUT2D eigenvalue weighted by atomic mass is 10.2. The number of carbonyl (C=O) groups is 2. The van der Waals surface area contributed by atoms with Gasteiger partial charge in [-0.3, -0.25) is 4.79 Å². The first-order chi connectivity index (χ1) is 16.9. The monoisotopic (exact) mass is 526 g/mol. The van der Waals surface area contributed by atoms with Gasteiger partial charge >= 0.3 is 18.1 Å². The Morgan fingerprint density at radius 2 is 1.75 bits per heavy atom. The highest BCUT2D eigenvalue weighted by molar-refractivity contribution is 7.17. The summed E-state index contributed by atoms with van der Waals surface area (Å²) in [6.07, 6.45) is -3.16. The van der Waals surface area contributed by atoms with Crippen molar-refractivity contribution in [3.63, 3.8) is 0 Å². The maximum Gasteiger partial charge on any atom is 0.459 e. The number of pyridine rings is 1. The molecule has 1 aromatic carbocycles. The van der Waals surface area contributed by atoms with Gasteiger partial charge in [0.05, 0.1) is 0 Å². The number of hydrogen-bond acceptors (Lipinski definition) is 6. The summed E-state index contributed by atoms with van der Waals surface area (Å²) in [6.45, 7) is 0.179. The van der Waals surface area contributed by atoms with Gasteiger partial charge in [0.25, 0.3) is 5.91 Å². The first kappa shape index (κ1) is 25.3. The molecular formula is C22H19F5N6O2S. The van der Waals surface area contributed by atoms with Gasteiger partial charge in [0.15, 0.2) is 0 Å². The van der Waals surface area contributed by atoms with Crippen molar-refractivity contribution in [3.8, 4) is 10.6 Å². The molecule has 2 aromatic heterocycles. The molecule has 190 valence electrons. The Bertz CT molecular complexity index is 1260. The van der Waals surface area contributed by atoms with Crippen LogP contribution >= 0.6 is 11.3 Å². The predicted molar refractivity (Wildman–Crippen MR) is 122 cm³/mol. The van der Waals surface area contributed by atoms with Gasteiger partial charge in [0.2, 0.25) is 0 Å². The summed E-state index contributed by atoms with van der Waals surface area (Å²) in [5, 5.41) is 7.41. The summed E-state index contributed by atoms with van der Waals surface area (Å²) in [6, 6.07) is 8.11. The van der Waals surface area contributed by atoms with Crippen LogP contribution in [0.5, 0.6) is 0 Å². The minimum Gasteiger partial charge on any atom is -0.384 e. The van der Waals surface area contributed by atoms with Gasteiger partial charge < -0.3 is 21.7 Å². The molecule has 0 bridgehead atoms. The Kier molecular flexibility index (Phi) is 6.80. The summed E-state index contributed by atoms with van der Waals surface area (Å²) in [4.78, 5) is 31.1. The Labute approximate surface area is 205 Å². The van der Waals surface area contributed by atoms with Crippen LogP contribution in [0, 0.1) is 0 Å². The highest BCUT2D eigenvalue weighted by atomic mass is 32.1. The van der Waals surface area contributed by atoms with Crippen molar-refractivity contribution in [1.29, 1.82) is 0 Å². The Morgan fingerprint density at radius 1 is 1.06 bits per heavy atom. The Hall–Kier alpha value is -3.81. The van der Waals surface area contributed by atoms with Crippen LogP contribution in [0.25, 0.3) is 10.6 Å². The fraction of sp³-hybridized carbons (Fsp3) is 0.273. The van der Waals surface area contributed by atoms with Crippen molar-refractivity contribution in [1.82, 2.24) is 20.6 Å². The Balaban J connectivity index is 1.49. The number of urea groups is 1. The largest absolute Gasteiger partial charge is 0.459 e. The van der Waals surface area contributed by atoms with E-state index in [-0.39, 0.29) is 23.2 Å². The summed E-state index contributed by atoms with van der Waals surface area (Å²) in [5.74, 6) is -5.99. The first-order valence-corrected chi connectivity index (χ1v) is 11.4. The molecule has 3 amide bonds. The molecule has 4 rings (SSSR count). The fourth-order valence-corrected chi connectivity index (χ4v) is 4.02. The van der Waals surface area contributed by atoms with Gasteiger partial charge in [-0.05, 0) is 48.7 Å². The number of anilines is 2. The minimum absolute atomic E-state index is 0.179. The zero-order chi connectivity index (χ0) is 26.1. The first-order valence-electron chi connectivity index (χ1n) is 10.6. The molecule has 5 N–H and O–H groups in total. The molecule has 1 aliphatic rings. The molecular weight excluding hydrogens is 507 g/mol. The van der Waals surface area contributed by atoms with Crippen LogP contribution in [0.4, 0.5) is 38.3 Å². The van der Waals surface area contributed by atoms with Crippen LogP contribution in [-0.2, 0) is 12.5 Å². The second-order valence-corrected chi connectivity index (χ2v) is 8.99. The fourth-order valence-electron chi connectivity index (χ4n) is 3.02. The van der Waals surface area contributed by atoms with Gasteiger partial charge in [-0.2, -0.15) is 22.0 Å². The summed E-state index contributed by atoms with van der Waals surface area (Å²) in [7, 11) is 0. The molecule has 2 heterocycles. The summed E-state index contributed by atoms with van der Waals surface area (Å²) < 4.78 is 67.4. The van der Waals surface area contributed by atoms with E-state index in [9.17, 15) is 31.5 Å². The number of nitrogens with one attached hydrogen (secondary N) is 3. The molecule has 0 aliphatic heterocycles. The quantitative estimate of drug-likeness (QED) is 0.334. The summed E-state index contributed by atoms with van der Waals surface area (Å²) >= 11 is 0.442. The van der Waals surface area contributed by atoms with Crippen molar-refractivity contribution in [2.45, 2.75) is 37.5 Å². The standard InChI is InChI=1S/C22H19F5N6O2S/c23-21(24,22(25,26)27)17-16(18(34)31-13-6-7-13)36-19(33-17)12-2-4-14(5-3-12)32-20(35)30-10-11-1-8-15(28)29-9-11/h1-5,8-9,13H,6-7,10H2,(H2,28,29)(H,31,34)(H2,30,32,35). The van der Waals surface area contributed by atoms with Crippen molar-refractivity contribution in [2.75, 3.05) is 11.1 Å². The van der Waals surface area contributed by atoms with Crippen molar-refractivity contribution < 1.29 is 31.5 Å². The van der Waals surface area contributed by atoms with Gasteiger partial charge in [0, 0.05) is 30.0 Å². The molecule has 0 unspecified atom stereocenters. The average molecular weight is 526 g/mol. The van der Waals surface area contributed by atoms with Crippen LogP contribution in [0.2, 0.25) is 0 Å². The van der Waals surface area contributed by atoms with Crippen LogP contribution in [-0.4, -0.2) is 34.1 Å². The van der Waals surface area contributed by atoms with Crippen LogP contribution < -0.4 is 21.7 Å². The molecule has 0 radical (unpaired) electrons. The molecule has 1 aliphatic carbocycles. The van der Waals surface area contributed by atoms with E-state index < -0.39 is 34.6 Å². The zero-order valence-corrected chi connectivity index (χ0v) is 19.1. The molecule has 0 atom stereocenters. The number of benzene rings is 1. The third kappa shape index (κ3) is 5.70. The number of nitrogens with zero attached hydrogens (tertiary/aromatic N) is 2. The maximum atomic E-state index is 14.2. The molecule has 1 fully saturated rings. The van der Waals surface area contributed by atoms with E-state index in [0.717, 1.165) is 0 Å². The summed E-state index contributed by atoms with van der Waals surface area (Å²) in [5.41, 5.74) is 5.11. The topological polar surface area (TPSA) is 122 Å². The second-order valence-electron chi connectivity index (χ2n) is 7.99. The average Bonchev–Trinajstić information content (AvgIpc) is 3.51. The van der Waals surface area contributed by atoms with E-state index in [1.807, 2.05) is 0 Å². The number of aromatic nitrogens is 2. The lowest BCUT2D eigenvalue weighted by molar-refractivity contribution is -0.290. The highest BCUT2D eigenvalue weighted by Gasteiger charge is 2.62. The zero-order valence-electron chi connectivity index (χ0n) is 18.3. The van der Waals surface area contributed by atoms with Crippen molar-refractivity contribution in [3.05, 3.63) is 58.7 Å². The van der Waals surface area contributed by atoms with E-state index in [2.05, 4.69) is 25.9 Å². The molecule has 1 saturated carbocycles. The number of hydrogen-bond donors (Lipinski definition) is 4. The van der Waals surface area contributed by atoms with Gasteiger partial charge in [-0.25, -0.2) is 14.8 Å². The Morgan fingerprint density at radius 3 is 2.33 bits per heavy atom. The number of nitrogen functional groups attached to an aromatic ring is 1. The normalized spacial score (nSPS) is 13.8. The smallest absolute Gasteiger partial charge is 0.384 e. The second kappa shape index (κ2) is 9.68. The highest BCUT2D eigenvalue weighted by Crippen LogP contribution is 2.47. The van der Waals surface area contributed by atoms with E-state index in [1.54, 1.807) is 12.1 Å². The third-order valence-corrected chi connectivity index (χ3v) is 6.19. The maximum absolute atomic E-state index is 14.2. The van der Waals surface area contributed by atoms with E-state index in [1.165, 1.54) is 30.5 Å². The van der Waals surface area contributed by atoms with E-state index >= 15 is 0 Å². The van der Waals surface area contributed by atoms with Crippen LogP contribution in [0.15, 0.2) is 42.6 Å². The number of carbonyl (C=O) groups excluding carboxylic acids is 2. The van der Waals surface area contributed by atoms with Crippen molar-refractivity contribution >= 4 is 34.8 Å². The van der Waals surface area contributed by atoms with E-state index in [0.29, 0.717) is 41.2 Å². The molecule has 14 heteroatoms. The van der Waals surface area contributed by atoms with Crippen molar-refractivity contribution in [2.24, 2.45) is 0 Å². The number of amides is 3. The number of rotatable bonds is 7.